The van der Waals surface area contributed by atoms with Crippen LogP contribution in [0.4, 0.5) is 11.4 Å². The first-order valence-corrected chi connectivity index (χ1v) is 14.3. The van der Waals surface area contributed by atoms with Gasteiger partial charge in [-0.1, -0.05) is 47.5 Å². The maximum absolute atomic E-state index is 6.58. The monoisotopic (exact) mass is 578 g/mol. The van der Waals surface area contributed by atoms with E-state index in [1.54, 1.807) is 24.7 Å². The highest BCUT2D eigenvalue weighted by atomic mass is 35.5. The van der Waals surface area contributed by atoms with Crippen LogP contribution in [0.5, 0.6) is 5.75 Å². The minimum atomic E-state index is -1.07. The van der Waals surface area contributed by atoms with Crippen molar-refractivity contribution >= 4 is 34.6 Å². The maximum Gasteiger partial charge on any atom is 0.215 e. The lowest BCUT2D eigenvalue weighted by atomic mass is 10.1. The highest BCUT2D eigenvalue weighted by Crippen LogP contribution is 2.40. The fourth-order valence-corrected chi connectivity index (χ4v) is 5.99. The van der Waals surface area contributed by atoms with Crippen molar-refractivity contribution in [2.45, 2.75) is 25.4 Å². The Kier molecular flexibility index (Phi) is 7.89. The number of aromatic nitrogens is 2. The summed E-state index contributed by atoms with van der Waals surface area (Å²) in [6.45, 7) is 7.26. The minimum absolute atomic E-state index is 0.274. The number of piperazine rings is 1. The van der Waals surface area contributed by atoms with Crippen LogP contribution in [0, 0.1) is 6.92 Å². The SMILES string of the molecule is Cc1ccccc1N1CCN(c2ccc(OCC3COC(Cn4ccnc4)(c4ccc(Cl)cc4Cl)O3)cc2)CC1. The number of hydrogen-bond acceptors (Lipinski definition) is 6. The average molecular weight is 580 g/mol. The van der Waals surface area contributed by atoms with Crippen molar-refractivity contribution in [1.29, 1.82) is 0 Å². The van der Waals surface area contributed by atoms with Gasteiger partial charge < -0.3 is 28.6 Å². The third-order valence-corrected chi connectivity index (χ3v) is 8.07. The molecule has 1 aromatic heterocycles. The lowest BCUT2D eigenvalue weighted by Crippen LogP contribution is -2.46. The summed E-state index contributed by atoms with van der Waals surface area (Å²) in [5, 5.41) is 1.05. The van der Waals surface area contributed by atoms with Crippen LogP contribution >= 0.6 is 23.2 Å². The Labute approximate surface area is 244 Å². The Morgan fingerprint density at radius 3 is 2.48 bits per heavy atom. The summed E-state index contributed by atoms with van der Waals surface area (Å²) in [5.74, 6) is -0.275. The molecule has 0 aliphatic carbocycles. The lowest BCUT2D eigenvalue weighted by Gasteiger charge is -2.38. The molecular formula is C31H32Cl2N4O3. The molecule has 2 unspecified atom stereocenters. The number of hydrogen-bond donors (Lipinski definition) is 0. The number of para-hydroxylation sites is 1. The lowest BCUT2D eigenvalue weighted by molar-refractivity contribution is -0.189. The molecule has 0 bridgehead atoms. The van der Waals surface area contributed by atoms with Crippen LogP contribution in [0.25, 0.3) is 0 Å². The Hall–Kier alpha value is -3.23. The fourth-order valence-electron chi connectivity index (χ4n) is 5.44. The van der Waals surface area contributed by atoms with Crippen molar-refractivity contribution in [3.8, 4) is 5.75 Å². The predicted molar refractivity (Wildman–Crippen MR) is 159 cm³/mol. The molecule has 4 aromatic rings. The molecule has 0 amide bonds. The molecule has 0 spiro atoms. The van der Waals surface area contributed by atoms with E-state index < -0.39 is 5.79 Å². The summed E-state index contributed by atoms with van der Waals surface area (Å²) < 4.78 is 20.8. The second-order valence-corrected chi connectivity index (χ2v) is 11.1. The van der Waals surface area contributed by atoms with Gasteiger partial charge in [-0.25, -0.2) is 4.98 Å². The van der Waals surface area contributed by atoms with Crippen LogP contribution in [-0.2, 0) is 21.8 Å². The summed E-state index contributed by atoms with van der Waals surface area (Å²) >= 11 is 12.7. The van der Waals surface area contributed by atoms with Gasteiger partial charge in [-0.3, -0.25) is 0 Å². The molecule has 2 saturated heterocycles. The largest absolute Gasteiger partial charge is 0.491 e. The molecule has 2 aliphatic heterocycles. The van der Waals surface area contributed by atoms with Crippen LogP contribution in [0.1, 0.15) is 11.1 Å². The third-order valence-electron chi connectivity index (χ3n) is 7.52. The number of nitrogens with zero attached hydrogens (tertiary/aromatic N) is 4. The van der Waals surface area contributed by atoms with Gasteiger partial charge in [0.1, 0.15) is 18.5 Å². The van der Waals surface area contributed by atoms with Gasteiger partial charge in [0.25, 0.3) is 0 Å². The molecule has 0 N–H and O–H groups in total. The van der Waals surface area contributed by atoms with E-state index in [4.69, 9.17) is 37.4 Å². The van der Waals surface area contributed by atoms with Crippen LogP contribution in [-0.4, -0.2) is 55.0 Å². The van der Waals surface area contributed by atoms with Crippen molar-refractivity contribution in [2.24, 2.45) is 0 Å². The molecule has 0 saturated carbocycles. The van der Waals surface area contributed by atoms with Gasteiger partial charge in [0.05, 0.1) is 24.5 Å². The highest BCUT2D eigenvalue weighted by Gasteiger charge is 2.45. The minimum Gasteiger partial charge on any atom is -0.491 e. The van der Waals surface area contributed by atoms with Gasteiger partial charge in [-0.15, -0.1) is 0 Å². The van der Waals surface area contributed by atoms with E-state index in [0.29, 0.717) is 29.8 Å². The molecule has 6 rings (SSSR count). The molecule has 2 aliphatic rings. The summed E-state index contributed by atoms with van der Waals surface area (Å²) in [6.07, 6.45) is 5.04. The Bertz CT molecular complexity index is 1430. The average Bonchev–Trinajstić information content (AvgIpc) is 3.63. The molecule has 7 nitrogen and oxygen atoms in total. The van der Waals surface area contributed by atoms with Gasteiger partial charge in [-0.2, -0.15) is 0 Å². The van der Waals surface area contributed by atoms with Crippen molar-refractivity contribution in [2.75, 3.05) is 49.2 Å². The van der Waals surface area contributed by atoms with Crippen molar-refractivity contribution in [3.63, 3.8) is 0 Å². The van der Waals surface area contributed by atoms with Gasteiger partial charge in [-0.05, 0) is 55.0 Å². The Balaban J connectivity index is 1.06. The Morgan fingerprint density at radius 2 is 1.75 bits per heavy atom. The predicted octanol–water partition coefficient (Wildman–Crippen LogP) is 6.17. The molecule has 0 radical (unpaired) electrons. The standard InChI is InChI=1S/C31H32Cl2N4O3/c1-23-4-2-3-5-30(23)37-16-14-36(15-17-37)25-7-9-26(10-8-25)38-19-27-20-39-31(40-27,21-35-13-12-34-22-35)28-11-6-24(32)18-29(28)33/h2-13,18,22,27H,14-17,19-21H2,1H3. The van der Waals surface area contributed by atoms with E-state index >= 15 is 0 Å². The highest BCUT2D eigenvalue weighted by molar-refractivity contribution is 6.35. The van der Waals surface area contributed by atoms with Crippen LogP contribution in [0.15, 0.2) is 85.5 Å². The summed E-state index contributed by atoms with van der Waals surface area (Å²) in [5.41, 5.74) is 4.58. The second kappa shape index (κ2) is 11.7. The van der Waals surface area contributed by atoms with Gasteiger partial charge in [0.2, 0.25) is 5.79 Å². The normalized spacial score (nSPS) is 21.1. The van der Waals surface area contributed by atoms with Crippen LogP contribution < -0.4 is 14.5 Å². The van der Waals surface area contributed by atoms with E-state index in [9.17, 15) is 0 Å². The number of aryl methyl sites for hydroxylation is 1. The van der Waals surface area contributed by atoms with Crippen molar-refractivity contribution in [1.82, 2.24) is 9.55 Å². The first kappa shape index (κ1) is 27.0. The topological polar surface area (TPSA) is 52.0 Å². The fraction of sp³-hybridized carbons (Fsp3) is 0.323. The van der Waals surface area contributed by atoms with Crippen molar-refractivity contribution < 1.29 is 14.2 Å². The first-order chi connectivity index (χ1) is 19.5. The van der Waals surface area contributed by atoms with Crippen molar-refractivity contribution in [3.05, 3.63) is 107 Å². The number of imidazole rings is 1. The quantitative estimate of drug-likeness (QED) is 0.249. The summed E-state index contributed by atoms with van der Waals surface area (Å²) in [6, 6.07) is 22.2. The molecule has 40 heavy (non-hydrogen) atoms. The van der Waals surface area contributed by atoms with Gasteiger partial charge in [0, 0.05) is 60.5 Å². The van der Waals surface area contributed by atoms with E-state index in [-0.39, 0.29) is 6.10 Å². The molecule has 2 fully saturated rings. The van der Waals surface area contributed by atoms with E-state index in [1.807, 2.05) is 29.0 Å². The zero-order valence-electron chi connectivity index (χ0n) is 22.4. The summed E-state index contributed by atoms with van der Waals surface area (Å²) in [4.78, 5) is 9.04. The smallest absolute Gasteiger partial charge is 0.215 e. The van der Waals surface area contributed by atoms with Crippen LogP contribution in [0.3, 0.4) is 0 Å². The zero-order valence-corrected chi connectivity index (χ0v) is 23.9. The number of anilines is 2. The zero-order chi connectivity index (χ0) is 27.5. The van der Waals surface area contributed by atoms with Crippen LogP contribution in [0.2, 0.25) is 10.0 Å². The van der Waals surface area contributed by atoms with E-state index in [0.717, 1.165) is 37.5 Å². The molecule has 2 atom stereocenters. The number of ether oxygens (including phenoxy) is 3. The molecule has 3 aromatic carbocycles. The molecule has 208 valence electrons. The van der Waals surface area contributed by atoms with Gasteiger partial charge in [0.15, 0.2) is 0 Å². The molecular weight excluding hydrogens is 547 g/mol. The maximum atomic E-state index is 6.58. The molecule has 3 heterocycles. The second-order valence-electron chi connectivity index (χ2n) is 10.2. The van der Waals surface area contributed by atoms with Gasteiger partial charge >= 0.3 is 0 Å². The Morgan fingerprint density at radius 1 is 0.975 bits per heavy atom. The van der Waals surface area contributed by atoms with E-state index in [2.05, 4.69) is 58.1 Å². The van der Waals surface area contributed by atoms with E-state index in [1.165, 1.54) is 16.9 Å². The third kappa shape index (κ3) is 5.79. The number of benzene rings is 3. The number of halogens is 2. The molecule has 9 heteroatoms. The first-order valence-electron chi connectivity index (χ1n) is 13.5. The number of rotatable bonds is 8. The summed E-state index contributed by atoms with van der Waals surface area (Å²) in [7, 11) is 0.